The fourth-order valence-corrected chi connectivity index (χ4v) is 3.08. The average molecular weight is 328 g/mol. The molecule has 2 aromatic heterocycles. The molecule has 4 atom stereocenters. The minimum atomic E-state index is -0.668. The zero-order valence-electron chi connectivity index (χ0n) is 10.3. The molecular weight excluding hydrogens is 314 g/mol. The van der Waals surface area contributed by atoms with E-state index in [1.807, 2.05) is 6.92 Å². The summed E-state index contributed by atoms with van der Waals surface area (Å²) in [5.74, 6) is 0.318. The number of nitrogens with zero attached hydrogens (tertiary/aromatic N) is 4. The van der Waals surface area contributed by atoms with Crippen LogP contribution >= 0.6 is 15.9 Å². The molecule has 3 rings (SSSR count). The highest BCUT2D eigenvalue weighted by atomic mass is 79.9. The molecule has 102 valence electrons. The van der Waals surface area contributed by atoms with Crippen LogP contribution in [0.25, 0.3) is 11.2 Å². The maximum atomic E-state index is 10.3. The van der Waals surface area contributed by atoms with E-state index < -0.39 is 12.3 Å². The predicted octanol–water partition coefficient (Wildman–Crippen LogP) is 0.840. The van der Waals surface area contributed by atoms with Gasteiger partial charge in [-0.25, -0.2) is 15.0 Å². The number of halogens is 1. The van der Waals surface area contributed by atoms with E-state index in [0.29, 0.717) is 17.0 Å². The van der Waals surface area contributed by atoms with Crippen molar-refractivity contribution in [3.05, 3.63) is 12.7 Å². The van der Waals surface area contributed by atoms with E-state index in [4.69, 9.17) is 10.5 Å². The van der Waals surface area contributed by atoms with E-state index in [9.17, 15) is 5.11 Å². The predicted molar refractivity (Wildman–Crippen MR) is 72.7 cm³/mol. The highest BCUT2D eigenvalue weighted by Crippen LogP contribution is 2.36. The third kappa shape index (κ3) is 1.90. The molecule has 0 aromatic carbocycles. The first-order valence-electron chi connectivity index (χ1n) is 6.04. The molecule has 1 unspecified atom stereocenters. The monoisotopic (exact) mass is 327 g/mol. The molecule has 0 saturated carbocycles. The number of aromatic nitrogens is 4. The Balaban J connectivity index is 2.04. The molecule has 1 saturated heterocycles. The fourth-order valence-electron chi connectivity index (χ4n) is 2.32. The number of imidazole rings is 1. The largest absolute Gasteiger partial charge is 0.387 e. The lowest BCUT2D eigenvalue weighted by Crippen LogP contribution is -2.26. The summed E-state index contributed by atoms with van der Waals surface area (Å²) in [6.45, 7) is 2.01. The van der Waals surface area contributed by atoms with E-state index in [2.05, 4.69) is 30.9 Å². The van der Waals surface area contributed by atoms with Gasteiger partial charge in [0.25, 0.3) is 0 Å². The van der Waals surface area contributed by atoms with Crippen LogP contribution in [0.4, 0.5) is 5.82 Å². The number of hydrogen-bond acceptors (Lipinski definition) is 6. The Morgan fingerprint density at radius 2 is 2.26 bits per heavy atom. The SMILES string of the molecule is CC[C@H]1O[C@@H](n2cnc3c(N)ncnc32)C(O)[C@@H]1Br. The number of rotatable bonds is 2. The van der Waals surface area contributed by atoms with Crippen LogP contribution in [0.5, 0.6) is 0 Å². The van der Waals surface area contributed by atoms with Gasteiger partial charge in [0.1, 0.15) is 17.9 Å². The van der Waals surface area contributed by atoms with Crippen molar-refractivity contribution >= 4 is 32.9 Å². The number of ether oxygens (including phenoxy) is 1. The fraction of sp³-hybridized carbons (Fsp3) is 0.545. The van der Waals surface area contributed by atoms with Crippen LogP contribution in [0.3, 0.4) is 0 Å². The Kier molecular flexibility index (Phi) is 3.15. The summed E-state index contributed by atoms with van der Waals surface area (Å²) >= 11 is 3.47. The van der Waals surface area contributed by atoms with Gasteiger partial charge in [0.15, 0.2) is 17.7 Å². The van der Waals surface area contributed by atoms with Crippen LogP contribution < -0.4 is 5.73 Å². The second-order valence-corrected chi connectivity index (χ2v) is 5.55. The number of hydrogen-bond donors (Lipinski definition) is 2. The number of anilines is 1. The maximum absolute atomic E-state index is 10.3. The van der Waals surface area contributed by atoms with Gasteiger partial charge in [-0.3, -0.25) is 4.57 Å². The lowest BCUT2D eigenvalue weighted by atomic mass is 10.1. The van der Waals surface area contributed by atoms with E-state index in [-0.39, 0.29) is 10.9 Å². The van der Waals surface area contributed by atoms with E-state index >= 15 is 0 Å². The summed E-state index contributed by atoms with van der Waals surface area (Å²) in [7, 11) is 0. The molecule has 1 aliphatic heterocycles. The van der Waals surface area contributed by atoms with Gasteiger partial charge in [0.05, 0.1) is 17.3 Å². The van der Waals surface area contributed by atoms with Crippen molar-refractivity contribution in [1.29, 1.82) is 0 Å². The van der Waals surface area contributed by atoms with Crippen molar-refractivity contribution in [2.75, 3.05) is 5.73 Å². The third-order valence-corrected chi connectivity index (χ3v) is 4.48. The number of aliphatic hydroxyl groups excluding tert-OH is 1. The molecule has 2 aromatic rings. The smallest absolute Gasteiger partial charge is 0.167 e. The van der Waals surface area contributed by atoms with Crippen LogP contribution in [0.1, 0.15) is 19.6 Å². The van der Waals surface area contributed by atoms with E-state index in [1.54, 1.807) is 10.9 Å². The quantitative estimate of drug-likeness (QED) is 0.793. The lowest BCUT2D eigenvalue weighted by Gasteiger charge is -2.16. The molecule has 7 nitrogen and oxygen atoms in total. The second-order valence-electron chi connectivity index (χ2n) is 4.49. The molecule has 3 N–H and O–H groups in total. The Hall–Kier alpha value is -1.25. The normalized spacial score (nSPS) is 31.1. The average Bonchev–Trinajstić information content (AvgIpc) is 2.94. The first-order valence-corrected chi connectivity index (χ1v) is 6.95. The van der Waals surface area contributed by atoms with Crippen LogP contribution in [-0.2, 0) is 4.74 Å². The van der Waals surface area contributed by atoms with Crippen molar-refractivity contribution in [2.45, 2.75) is 36.6 Å². The molecule has 3 heterocycles. The second kappa shape index (κ2) is 4.69. The zero-order valence-corrected chi connectivity index (χ0v) is 11.9. The topological polar surface area (TPSA) is 99.1 Å². The van der Waals surface area contributed by atoms with E-state index in [0.717, 1.165) is 6.42 Å². The van der Waals surface area contributed by atoms with Crippen molar-refractivity contribution in [1.82, 2.24) is 19.5 Å². The van der Waals surface area contributed by atoms with Crippen LogP contribution in [0, 0.1) is 0 Å². The minimum Gasteiger partial charge on any atom is -0.387 e. The Morgan fingerprint density at radius 3 is 2.95 bits per heavy atom. The molecule has 0 amide bonds. The summed E-state index contributed by atoms with van der Waals surface area (Å²) in [6.07, 6.45) is 2.53. The zero-order chi connectivity index (χ0) is 13.6. The molecule has 0 bridgehead atoms. The van der Waals surface area contributed by atoms with Crippen molar-refractivity contribution in [3.8, 4) is 0 Å². The van der Waals surface area contributed by atoms with Gasteiger partial charge in [0.2, 0.25) is 0 Å². The molecule has 0 spiro atoms. The summed E-state index contributed by atoms with van der Waals surface area (Å²) in [4.78, 5) is 12.1. The molecule has 1 aliphatic rings. The summed E-state index contributed by atoms with van der Waals surface area (Å²) in [6, 6.07) is 0. The Labute approximate surface area is 117 Å². The molecule has 0 radical (unpaired) electrons. The summed E-state index contributed by atoms with van der Waals surface area (Å²) in [5.41, 5.74) is 6.83. The van der Waals surface area contributed by atoms with Crippen molar-refractivity contribution in [2.24, 2.45) is 0 Å². The van der Waals surface area contributed by atoms with Gasteiger partial charge in [-0.1, -0.05) is 22.9 Å². The minimum absolute atomic E-state index is 0.0448. The number of fused-ring (bicyclic) bond motifs is 1. The Bertz CT molecular complexity index is 604. The van der Waals surface area contributed by atoms with Gasteiger partial charge in [-0.2, -0.15) is 0 Å². The van der Waals surface area contributed by atoms with Crippen LogP contribution in [-0.4, -0.2) is 41.7 Å². The standard InChI is InChI=1S/C11H14BrN5O2/c1-2-5-6(12)8(18)11(19-5)17-4-16-7-9(13)14-3-15-10(7)17/h3-6,8,11,18H,2H2,1H3,(H2,13,14,15)/t5-,6-,8?,11-/m1/s1. The van der Waals surface area contributed by atoms with Crippen LogP contribution in [0.2, 0.25) is 0 Å². The molecule has 0 aliphatic carbocycles. The van der Waals surface area contributed by atoms with Gasteiger partial charge in [-0.15, -0.1) is 0 Å². The lowest BCUT2D eigenvalue weighted by molar-refractivity contribution is -0.0355. The molecular formula is C11H14BrN5O2. The van der Waals surface area contributed by atoms with Gasteiger partial charge in [-0.05, 0) is 6.42 Å². The molecule has 19 heavy (non-hydrogen) atoms. The number of nitrogens with two attached hydrogens (primary N) is 1. The van der Waals surface area contributed by atoms with Gasteiger partial charge in [0, 0.05) is 0 Å². The number of alkyl halides is 1. The summed E-state index contributed by atoms with van der Waals surface area (Å²) < 4.78 is 7.55. The highest BCUT2D eigenvalue weighted by Gasteiger charge is 2.42. The third-order valence-electron chi connectivity index (χ3n) is 3.35. The first-order chi connectivity index (χ1) is 9.13. The highest BCUT2D eigenvalue weighted by molar-refractivity contribution is 9.09. The first kappa shape index (κ1) is 12.8. The molecule has 8 heteroatoms. The van der Waals surface area contributed by atoms with E-state index in [1.165, 1.54) is 6.33 Å². The molecule has 1 fully saturated rings. The number of aliphatic hydroxyl groups is 1. The van der Waals surface area contributed by atoms with Gasteiger partial charge < -0.3 is 15.6 Å². The maximum Gasteiger partial charge on any atom is 0.167 e. The number of nitrogen functional groups attached to an aromatic ring is 1. The van der Waals surface area contributed by atoms with Crippen molar-refractivity contribution < 1.29 is 9.84 Å². The Morgan fingerprint density at radius 1 is 1.47 bits per heavy atom. The van der Waals surface area contributed by atoms with Crippen molar-refractivity contribution in [3.63, 3.8) is 0 Å². The van der Waals surface area contributed by atoms with Gasteiger partial charge >= 0.3 is 0 Å². The summed E-state index contributed by atoms with van der Waals surface area (Å²) in [5, 5.41) is 10.3. The van der Waals surface area contributed by atoms with Crippen LogP contribution in [0.15, 0.2) is 12.7 Å².